The Morgan fingerprint density at radius 3 is 2.50 bits per heavy atom. The van der Waals surface area contributed by atoms with Crippen molar-refractivity contribution in [2.45, 2.75) is 13.2 Å². The van der Waals surface area contributed by atoms with Gasteiger partial charge in [-0.1, -0.05) is 6.92 Å². The van der Waals surface area contributed by atoms with Crippen LogP contribution in [-0.2, 0) is 0 Å². The highest BCUT2D eigenvalue weighted by Crippen LogP contribution is 2.12. The zero-order valence-corrected chi connectivity index (χ0v) is 6.83. The first-order valence-electron chi connectivity index (χ1n) is 3.69. The van der Waals surface area contributed by atoms with Gasteiger partial charge in [0, 0.05) is 6.42 Å². The predicted molar refractivity (Wildman–Crippen MR) is 45.0 cm³/mol. The van der Waals surface area contributed by atoms with E-state index in [9.17, 15) is 4.39 Å². The van der Waals surface area contributed by atoms with Crippen LogP contribution in [0.1, 0.15) is 6.92 Å². The average Bonchev–Trinajstić information content (AvgIpc) is 2.09. The van der Waals surface area contributed by atoms with E-state index in [1.807, 2.05) is 0 Å². The summed E-state index contributed by atoms with van der Waals surface area (Å²) in [6, 6.07) is 5.74. The van der Waals surface area contributed by atoms with Crippen LogP contribution in [-0.4, -0.2) is 6.23 Å². The highest BCUT2D eigenvalue weighted by atomic mass is 19.1. The third-order valence-corrected chi connectivity index (χ3v) is 1.41. The van der Waals surface area contributed by atoms with Gasteiger partial charge in [0.25, 0.3) is 0 Å². The second-order valence-corrected chi connectivity index (χ2v) is 2.37. The smallest absolute Gasteiger partial charge is 0.150 e. The molecule has 1 radical (unpaired) electrons. The van der Waals surface area contributed by atoms with Gasteiger partial charge in [-0.3, -0.25) is 5.73 Å². The van der Waals surface area contributed by atoms with E-state index in [4.69, 9.17) is 10.5 Å². The van der Waals surface area contributed by atoms with Crippen LogP contribution in [0.4, 0.5) is 4.39 Å². The molecule has 0 saturated carbocycles. The van der Waals surface area contributed by atoms with E-state index in [0.717, 1.165) is 0 Å². The minimum atomic E-state index is -0.435. The van der Waals surface area contributed by atoms with E-state index in [0.29, 0.717) is 5.75 Å². The van der Waals surface area contributed by atoms with Crippen molar-refractivity contribution >= 4 is 0 Å². The van der Waals surface area contributed by atoms with Gasteiger partial charge in [0.15, 0.2) is 6.23 Å². The minimum absolute atomic E-state index is 0.281. The lowest BCUT2D eigenvalue weighted by molar-refractivity contribution is 0.242. The molecule has 0 aliphatic rings. The van der Waals surface area contributed by atoms with E-state index in [-0.39, 0.29) is 5.82 Å². The van der Waals surface area contributed by atoms with Crippen molar-refractivity contribution in [3.63, 3.8) is 0 Å². The van der Waals surface area contributed by atoms with Crippen LogP contribution in [0.2, 0.25) is 0 Å². The Morgan fingerprint density at radius 1 is 1.42 bits per heavy atom. The van der Waals surface area contributed by atoms with Crippen LogP contribution in [0.25, 0.3) is 0 Å². The molecule has 2 nitrogen and oxygen atoms in total. The molecule has 1 aromatic rings. The number of ether oxygens (including phenoxy) is 1. The van der Waals surface area contributed by atoms with E-state index in [1.165, 1.54) is 12.1 Å². The first kappa shape index (κ1) is 9.00. The van der Waals surface area contributed by atoms with Gasteiger partial charge in [0.05, 0.1) is 0 Å². The Hall–Kier alpha value is -1.09. The van der Waals surface area contributed by atoms with Gasteiger partial charge in [0.1, 0.15) is 11.6 Å². The summed E-state index contributed by atoms with van der Waals surface area (Å²) < 4.78 is 17.6. The summed E-state index contributed by atoms with van der Waals surface area (Å²) >= 11 is 0. The molecule has 0 fully saturated rings. The zero-order chi connectivity index (χ0) is 8.97. The second kappa shape index (κ2) is 4.07. The number of halogens is 1. The quantitative estimate of drug-likeness (QED) is 0.697. The van der Waals surface area contributed by atoms with Crippen molar-refractivity contribution in [1.29, 1.82) is 0 Å². The van der Waals surface area contributed by atoms with Crippen molar-refractivity contribution in [2.24, 2.45) is 5.73 Å². The summed E-state index contributed by atoms with van der Waals surface area (Å²) in [6.45, 7) is 1.80. The molecule has 2 N–H and O–H groups in total. The SMILES string of the molecule is C[CH][C@H](N)Oc1ccc(F)cc1. The van der Waals surface area contributed by atoms with Crippen LogP contribution in [0.3, 0.4) is 0 Å². The third kappa shape index (κ3) is 2.51. The van der Waals surface area contributed by atoms with Gasteiger partial charge >= 0.3 is 0 Å². The van der Waals surface area contributed by atoms with E-state index >= 15 is 0 Å². The summed E-state index contributed by atoms with van der Waals surface area (Å²) in [5.41, 5.74) is 5.47. The van der Waals surface area contributed by atoms with E-state index in [1.54, 1.807) is 25.5 Å². The van der Waals surface area contributed by atoms with Gasteiger partial charge < -0.3 is 4.74 Å². The van der Waals surface area contributed by atoms with Crippen molar-refractivity contribution in [1.82, 2.24) is 0 Å². The highest BCUT2D eigenvalue weighted by Gasteiger charge is 2.00. The van der Waals surface area contributed by atoms with Crippen molar-refractivity contribution in [3.8, 4) is 5.75 Å². The Kier molecular flexibility index (Phi) is 3.05. The fraction of sp³-hybridized carbons (Fsp3) is 0.222. The third-order valence-electron chi connectivity index (χ3n) is 1.41. The molecule has 1 aromatic carbocycles. The molecular formula is C9H11FNO. The van der Waals surface area contributed by atoms with Crippen LogP contribution in [0.15, 0.2) is 24.3 Å². The molecule has 0 bridgehead atoms. The van der Waals surface area contributed by atoms with Crippen LogP contribution < -0.4 is 10.5 Å². The van der Waals surface area contributed by atoms with E-state index in [2.05, 4.69) is 0 Å². The van der Waals surface area contributed by atoms with Crippen LogP contribution in [0, 0.1) is 12.2 Å². The van der Waals surface area contributed by atoms with Gasteiger partial charge in [-0.2, -0.15) is 0 Å². The normalized spacial score (nSPS) is 12.6. The van der Waals surface area contributed by atoms with Gasteiger partial charge in [-0.05, 0) is 24.3 Å². The standard InChI is InChI=1S/C9H11FNO/c1-2-9(11)12-8-5-3-7(10)4-6-8/h2-6,9H,11H2,1H3/t9-/m1/s1. The molecule has 0 aliphatic carbocycles. The maximum absolute atomic E-state index is 12.4. The molecule has 0 saturated heterocycles. The summed E-state index contributed by atoms with van der Waals surface area (Å²) in [6.07, 6.45) is 1.28. The lowest BCUT2D eigenvalue weighted by Crippen LogP contribution is -2.26. The van der Waals surface area contributed by atoms with Crippen molar-refractivity contribution in [3.05, 3.63) is 36.5 Å². The van der Waals surface area contributed by atoms with Gasteiger partial charge in [0.2, 0.25) is 0 Å². The second-order valence-electron chi connectivity index (χ2n) is 2.37. The minimum Gasteiger partial charge on any atom is -0.475 e. The first-order valence-corrected chi connectivity index (χ1v) is 3.69. The van der Waals surface area contributed by atoms with Crippen molar-refractivity contribution in [2.75, 3.05) is 0 Å². The topological polar surface area (TPSA) is 35.2 Å². The lowest BCUT2D eigenvalue weighted by atomic mass is 10.3. The molecule has 3 heteroatoms. The van der Waals surface area contributed by atoms with Gasteiger partial charge in [-0.15, -0.1) is 0 Å². The molecule has 65 valence electrons. The molecule has 0 heterocycles. The summed E-state index contributed by atoms with van der Waals surface area (Å²) in [5.74, 6) is 0.290. The summed E-state index contributed by atoms with van der Waals surface area (Å²) in [4.78, 5) is 0. The lowest BCUT2D eigenvalue weighted by Gasteiger charge is -2.11. The number of hydrogen-bond donors (Lipinski definition) is 1. The number of hydrogen-bond acceptors (Lipinski definition) is 2. The molecule has 0 aromatic heterocycles. The Bertz CT molecular complexity index is 235. The maximum atomic E-state index is 12.4. The zero-order valence-electron chi connectivity index (χ0n) is 6.83. The Labute approximate surface area is 71.1 Å². The fourth-order valence-electron chi connectivity index (χ4n) is 0.738. The van der Waals surface area contributed by atoms with Crippen molar-refractivity contribution < 1.29 is 9.13 Å². The monoisotopic (exact) mass is 168 g/mol. The summed E-state index contributed by atoms with van der Waals surface area (Å²) in [5, 5.41) is 0. The molecular weight excluding hydrogens is 157 g/mol. The maximum Gasteiger partial charge on any atom is 0.150 e. The first-order chi connectivity index (χ1) is 5.72. The Morgan fingerprint density at radius 2 is 2.00 bits per heavy atom. The van der Waals surface area contributed by atoms with Crippen LogP contribution in [0.5, 0.6) is 5.75 Å². The molecule has 12 heavy (non-hydrogen) atoms. The molecule has 1 atom stereocenters. The molecule has 1 rings (SSSR count). The summed E-state index contributed by atoms with van der Waals surface area (Å²) in [7, 11) is 0. The number of rotatable bonds is 3. The fourth-order valence-corrected chi connectivity index (χ4v) is 0.738. The van der Waals surface area contributed by atoms with E-state index < -0.39 is 6.23 Å². The van der Waals surface area contributed by atoms with Crippen LogP contribution >= 0.6 is 0 Å². The molecule has 0 amide bonds. The molecule has 0 unspecified atom stereocenters. The largest absolute Gasteiger partial charge is 0.475 e. The van der Waals surface area contributed by atoms with Gasteiger partial charge in [-0.25, -0.2) is 4.39 Å². The molecule has 0 aliphatic heterocycles. The Balaban J connectivity index is 2.58. The number of nitrogens with two attached hydrogens (primary N) is 1. The highest BCUT2D eigenvalue weighted by molar-refractivity contribution is 5.22. The predicted octanol–water partition coefficient (Wildman–Crippen LogP) is 1.71. The average molecular weight is 168 g/mol. The molecule has 0 spiro atoms. The number of benzene rings is 1.